The van der Waals surface area contributed by atoms with E-state index in [1.165, 1.54) is 0 Å². The molecule has 0 radical (unpaired) electrons. The zero-order valence-corrected chi connectivity index (χ0v) is 11.9. The van der Waals surface area contributed by atoms with Crippen LogP contribution in [0, 0.1) is 6.92 Å². The van der Waals surface area contributed by atoms with Gasteiger partial charge in [-0.15, -0.1) is 5.10 Å². The Kier molecular flexibility index (Phi) is 4.13. The van der Waals surface area contributed by atoms with Crippen molar-refractivity contribution in [2.24, 2.45) is 0 Å². The van der Waals surface area contributed by atoms with Crippen LogP contribution >= 0.6 is 0 Å². The van der Waals surface area contributed by atoms with Gasteiger partial charge in [0.25, 0.3) is 0 Å². The minimum atomic E-state index is 0.867. The van der Waals surface area contributed by atoms with Gasteiger partial charge in [-0.1, -0.05) is 0 Å². The van der Waals surface area contributed by atoms with Crippen molar-refractivity contribution >= 4 is 11.5 Å². The molecular formula is C14H21N5O. The predicted molar refractivity (Wildman–Crippen MR) is 78.1 cm³/mol. The summed E-state index contributed by atoms with van der Waals surface area (Å²) < 4.78 is 7.21. The summed E-state index contributed by atoms with van der Waals surface area (Å²) in [5.41, 5.74) is 1.94. The maximum absolute atomic E-state index is 5.34. The van der Waals surface area contributed by atoms with Gasteiger partial charge in [0.1, 0.15) is 5.82 Å². The summed E-state index contributed by atoms with van der Waals surface area (Å²) in [6.07, 6.45) is 2.95. The second-order valence-electron chi connectivity index (χ2n) is 5.12. The van der Waals surface area contributed by atoms with Crippen LogP contribution in [-0.2, 0) is 4.74 Å². The lowest BCUT2D eigenvalue weighted by Gasteiger charge is -2.26. The standard InChI is InChI=1S/C14H21N5O/c1-12-11-16-14-4-3-13(17-19(12)14)15-5-2-6-18-7-9-20-10-8-18/h3-4,11H,2,5-10H2,1H3,(H,15,17). The molecule has 108 valence electrons. The van der Waals surface area contributed by atoms with Crippen LogP contribution in [0.3, 0.4) is 0 Å². The molecule has 0 bridgehead atoms. The number of hydrogen-bond acceptors (Lipinski definition) is 5. The van der Waals surface area contributed by atoms with Gasteiger partial charge in [0.15, 0.2) is 5.65 Å². The fourth-order valence-corrected chi connectivity index (χ4v) is 2.43. The van der Waals surface area contributed by atoms with Crippen molar-refractivity contribution in [3.05, 3.63) is 24.0 Å². The quantitative estimate of drug-likeness (QED) is 0.830. The number of imidazole rings is 1. The number of hydrogen-bond donors (Lipinski definition) is 1. The molecule has 0 aromatic carbocycles. The normalized spacial score (nSPS) is 16.6. The number of anilines is 1. The first-order valence-electron chi connectivity index (χ1n) is 7.18. The average molecular weight is 275 g/mol. The summed E-state index contributed by atoms with van der Waals surface area (Å²) in [5.74, 6) is 0.903. The van der Waals surface area contributed by atoms with Crippen molar-refractivity contribution in [2.75, 3.05) is 44.7 Å². The topological polar surface area (TPSA) is 54.7 Å². The minimum absolute atomic E-state index is 0.867. The van der Waals surface area contributed by atoms with Crippen molar-refractivity contribution < 1.29 is 4.74 Å². The second kappa shape index (κ2) is 6.19. The molecule has 1 N–H and O–H groups in total. The Morgan fingerprint density at radius 2 is 2.15 bits per heavy atom. The molecule has 1 aliphatic rings. The second-order valence-corrected chi connectivity index (χ2v) is 5.12. The van der Waals surface area contributed by atoms with E-state index in [-0.39, 0.29) is 0 Å². The smallest absolute Gasteiger partial charge is 0.153 e. The molecule has 6 heteroatoms. The van der Waals surface area contributed by atoms with Gasteiger partial charge in [0, 0.05) is 19.6 Å². The van der Waals surface area contributed by atoms with Gasteiger partial charge in [0.05, 0.1) is 25.1 Å². The largest absolute Gasteiger partial charge is 0.379 e. The third-order valence-corrected chi connectivity index (χ3v) is 3.59. The van der Waals surface area contributed by atoms with Crippen molar-refractivity contribution in [3.8, 4) is 0 Å². The van der Waals surface area contributed by atoms with E-state index >= 15 is 0 Å². The van der Waals surface area contributed by atoms with Crippen molar-refractivity contribution in [3.63, 3.8) is 0 Å². The molecule has 3 heterocycles. The number of nitrogens with zero attached hydrogens (tertiary/aromatic N) is 4. The van der Waals surface area contributed by atoms with Gasteiger partial charge in [-0.3, -0.25) is 4.90 Å². The molecule has 1 fully saturated rings. The first-order chi connectivity index (χ1) is 9.83. The summed E-state index contributed by atoms with van der Waals surface area (Å²) in [4.78, 5) is 6.72. The zero-order chi connectivity index (χ0) is 13.8. The molecular weight excluding hydrogens is 254 g/mol. The molecule has 0 saturated carbocycles. The fourth-order valence-electron chi connectivity index (χ4n) is 2.43. The summed E-state index contributed by atoms with van der Waals surface area (Å²) in [6.45, 7) is 7.90. The molecule has 1 aliphatic heterocycles. The lowest BCUT2D eigenvalue weighted by atomic mass is 10.3. The molecule has 3 rings (SSSR count). The lowest BCUT2D eigenvalue weighted by molar-refractivity contribution is 0.0378. The SMILES string of the molecule is Cc1cnc2ccc(NCCCN3CCOCC3)nn12. The molecule has 20 heavy (non-hydrogen) atoms. The van der Waals surface area contributed by atoms with Gasteiger partial charge in [-0.25, -0.2) is 9.50 Å². The van der Waals surface area contributed by atoms with Gasteiger partial charge >= 0.3 is 0 Å². The third kappa shape index (κ3) is 3.08. The van der Waals surface area contributed by atoms with Crippen LogP contribution < -0.4 is 5.32 Å². The summed E-state index contributed by atoms with van der Waals surface area (Å²) in [6, 6.07) is 3.97. The summed E-state index contributed by atoms with van der Waals surface area (Å²) >= 11 is 0. The van der Waals surface area contributed by atoms with E-state index in [0.717, 1.165) is 63.0 Å². The maximum Gasteiger partial charge on any atom is 0.153 e. The van der Waals surface area contributed by atoms with Crippen LogP contribution in [0.4, 0.5) is 5.82 Å². The molecule has 0 unspecified atom stereocenters. The Hall–Kier alpha value is -1.66. The van der Waals surface area contributed by atoms with Crippen LogP contribution in [0.25, 0.3) is 5.65 Å². The molecule has 6 nitrogen and oxygen atoms in total. The molecule has 0 atom stereocenters. The number of morpholine rings is 1. The fraction of sp³-hybridized carbons (Fsp3) is 0.571. The van der Waals surface area contributed by atoms with E-state index in [4.69, 9.17) is 4.74 Å². The Morgan fingerprint density at radius 1 is 1.30 bits per heavy atom. The molecule has 0 aliphatic carbocycles. The van der Waals surface area contributed by atoms with Gasteiger partial charge in [-0.05, 0) is 32.0 Å². The summed E-state index contributed by atoms with van der Waals surface area (Å²) in [7, 11) is 0. The Bertz CT molecular complexity index is 562. The molecule has 0 spiro atoms. The van der Waals surface area contributed by atoms with Crippen LogP contribution in [0.15, 0.2) is 18.3 Å². The van der Waals surface area contributed by atoms with E-state index in [2.05, 4.69) is 20.3 Å². The molecule has 2 aromatic heterocycles. The number of nitrogens with one attached hydrogen (secondary N) is 1. The van der Waals surface area contributed by atoms with E-state index in [9.17, 15) is 0 Å². The zero-order valence-electron chi connectivity index (χ0n) is 11.9. The van der Waals surface area contributed by atoms with E-state index in [1.807, 2.05) is 29.8 Å². The molecule has 2 aromatic rings. The Labute approximate surface area is 118 Å². The predicted octanol–water partition coefficient (Wildman–Crippen LogP) is 1.17. The minimum Gasteiger partial charge on any atom is -0.379 e. The average Bonchev–Trinajstić information content (AvgIpc) is 2.86. The van der Waals surface area contributed by atoms with E-state index < -0.39 is 0 Å². The van der Waals surface area contributed by atoms with Crippen LogP contribution in [0.5, 0.6) is 0 Å². The highest BCUT2D eigenvalue weighted by Gasteiger charge is 2.09. The highest BCUT2D eigenvalue weighted by Crippen LogP contribution is 2.08. The molecule has 1 saturated heterocycles. The maximum atomic E-state index is 5.34. The van der Waals surface area contributed by atoms with Crippen LogP contribution in [-0.4, -0.2) is 58.9 Å². The first-order valence-corrected chi connectivity index (χ1v) is 7.18. The number of ether oxygens (including phenoxy) is 1. The highest BCUT2D eigenvalue weighted by molar-refractivity contribution is 5.45. The van der Waals surface area contributed by atoms with Crippen molar-refractivity contribution in [1.82, 2.24) is 19.5 Å². The number of aromatic nitrogens is 3. The Morgan fingerprint density at radius 3 is 3.00 bits per heavy atom. The summed E-state index contributed by atoms with van der Waals surface area (Å²) in [5, 5.41) is 7.90. The number of rotatable bonds is 5. The number of fused-ring (bicyclic) bond motifs is 1. The molecule has 0 amide bonds. The number of aryl methyl sites for hydroxylation is 1. The van der Waals surface area contributed by atoms with Crippen molar-refractivity contribution in [2.45, 2.75) is 13.3 Å². The van der Waals surface area contributed by atoms with Crippen LogP contribution in [0.2, 0.25) is 0 Å². The van der Waals surface area contributed by atoms with E-state index in [1.54, 1.807) is 0 Å². The third-order valence-electron chi connectivity index (χ3n) is 3.59. The first kappa shape index (κ1) is 13.3. The Balaban J connectivity index is 1.48. The van der Waals surface area contributed by atoms with Gasteiger partial charge < -0.3 is 10.1 Å². The van der Waals surface area contributed by atoms with Crippen LogP contribution in [0.1, 0.15) is 12.1 Å². The highest BCUT2D eigenvalue weighted by atomic mass is 16.5. The van der Waals surface area contributed by atoms with Gasteiger partial charge in [-0.2, -0.15) is 0 Å². The van der Waals surface area contributed by atoms with Crippen molar-refractivity contribution in [1.29, 1.82) is 0 Å². The lowest BCUT2D eigenvalue weighted by Crippen LogP contribution is -2.37. The monoisotopic (exact) mass is 275 g/mol. The van der Waals surface area contributed by atoms with E-state index in [0.29, 0.717) is 0 Å². The van der Waals surface area contributed by atoms with Gasteiger partial charge in [0.2, 0.25) is 0 Å².